The molecule has 0 saturated carbocycles. The predicted octanol–water partition coefficient (Wildman–Crippen LogP) is 0.549. The van der Waals surface area contributed by atoms with E-state index in [2.05, 4.69) is 27.6 Å². The molecule has 0 aromatic carbocycles. The second kappa shape index (κ2) is 18.1. The summed E-state index contributed by atoms with van der Waals surface area (Å²) in [5, 5.41) is 0. The minimum Gasteiger partial charge on any atom is -0.166 e. The Hall–Kier alpha value is 1.40. The first-order valence-electron chi connectivity index (χ1n) is 0.309. The monoisotopic (exact) mass is 217 g/mol. The van der Waals surface area contributed by atoms with Gasteiger partial charge in [0.15, 0.2) is 0 Å². The van der Waals surface area contributed by atoms with Gasteiger partial charge in [0.2, 0.25) is 0 Å². The first-order valence-corrected chi connectivity index (χ1v) is 0.926. The Labute approximate surface area is 59.8 Å². The maximum atomic E-state index is 4.26. The van der Waals surface area contributed by atoms with Crippen molar-refractivity contribution in [2.45, 2.75) is 0 Å². The Morgan fingerprint density at radius 1 is 1.20 bits per heavy atom. The number of hydrogen-bond donors (Lipinski definition) is 0. The van der Waals surface area contributed by atoms with Gasteiger partial charge in [-0.05, 0) is 0 Å². The quantitative estimate of drug-likeness (QED) is 0.537. The minimum absolute atomic E-state index is 0. The molecular formula is BCl2OSn. The molecule has 0 fully saturated rings. The Morgan fingerprint density at radius 2 is 1.20 bits per heavy atom. The summed E-state index contributed by atoms with van der Waals surface area (Å²) >= 11 is 8.53. The molecule has 7 radical (unpaired) electrons. The fraction of sp³-hybridized carbons (Fsp3) is 0. The van der Waals surface area contributed by atoms with Crippen LogP contribution in [0.3, 0.4) is 0 Å². The van der Waals surface area contributed by atoms with Crippen molar-refractivity contribution in [1.29, 1.82) is 0 Å². The average molecular weight is 216 g/mol. The molecule has 0 spiro atoms. The molecule has 27 valence electrons. The minimum atomic E-state index is 0. The summed E-state index contributed by atoms with van der Waals surface area (Å²) in [6, 6.07) is 0. The molecule has 0 aromatic rings. The van der Waals surface area contributed by atoms with Crippen molar-refractivity contribution in [3.63, 3.8) is 0 Å². The molecule has 0 aliphatic carbocycles. The molecule has 0 bridgehead atoms. The molecule has 0 aromatic heterocycles. The predicted molar refractivity (Wildman–Crippen MR) is 24.3 cm³/mol. The second-order valence-electron chi connectivity index (χ2n) is 0.0583. The maximum absolute atomic E-state index is 4.26. The van der Waals surface area contributed by atoms with Gasteiger partial charge in [-0.1, -0.05) is 0 Å². The van der Waals surface area contributed by atoms with Crippen molar-refractivity contribution >= 4 is 56.1 Å². The van der Waals surface area contributed by atoms with E-state index in [-0.39, 0.29) is 32.3 Å². The third-order valence-electron chi connectivity index (χ3n) is 0. The molecular weight excluding hydrogens is 216 g/mol. The van der Waals surface area contributed by atoms with Crippen LogP contribution in [0.5, 0.6) is 0 Å². The van der Waals surface area contributed by atoms with Crippen LogP contribution < -0.4 is 0 Å². The van der Waals surface area contributed by atoms with E-state index < -0.39 is 0 Å². The summed E-state index contributed by atoms with van der Waals surface area (Å²) in [5.74, 6) is 0. The van der Waals surface area contributed by atoms with Crippen LogP contribution in [0.1, 0.15) is 0 Å². The Balaban J connectivity index is -0.0000000200. The molecule has 0 unspecified atom stereocenters. The number of halogens is 2. The van der Waals surface area contributed by atoms with Gasteiger partial charge in [0.05, 0.1) is 23.7 Å². The van der Waals surface area contributed by atoms with E-state index in [9.17, 15) is 0 Å². The molecule has 0 aliphatic heterocycles. The summed E-state index contributed by atoms with van der Waals surface area (Å²) in [6.45, 7) is 0. The molecule has 5 heavy (non-hydrogen) atoms. The summed E-state index contributed by atoms with van der Waals surface area (Å²) in [6.07, 6.45) is 0. The molecule has 0 atom stereocenters. The van der Waals surface area contributed by atoms with Crippen LogP contribution in [-0.2, 0) is 3.84 Å². The summed E-state index contributed by atoms with van der Waals surface area (Å²) in [5.41, 5.74) is 0. The SMILES string of the molecule is ClOCl.[B].[Sn]. The van der Waals surface area contributed by atoms with E-state index in [0.717, 1.165) is 0 Å². The maximum Gasteiger partial charge on any atom is 0.0832 e. The van der Waals surface area contributed by atoms with Crippen molar-refractivity contribution in [2.24, 2.45) is 0 Å². The van der Waals surface area contributed by atoms with Crippen molar-refractivity contribution in [3.8, 4) is 0 Å². The van der Waals surface area contributed by atoms with E-state index in [1.165, 1.54) is 0 Å². The summed E-state index contributed by atoms with van der Waals surface area (Å²) < 4.78 is 3.19. The molecule has 0 rings (SSSR count). The van der Waals surface area contributed by atoms with Gasteiger partial charge in [0.25, 0.3) is 0 Å². The Morgan fingerprint density at radius 3 is 1.20 bits per heavy atom. The van der Waals surface area contributed by atoms with E-state index in [1.54, 1.807) is 0 Å². The molecule has 0 heterocycles. The van der Waals surface area contributed by atoms with Crippen molar-refractivity contribution in [2.75, 3.05) is 0 Å². The largest absolute Gasteiger partial charge is 0.166 e. The summed E-state index contributed by atoms with van der Waals surface area (Å²) in [4.78, 5) is 0. The summed E-state index contributed by atoms with van der Waals surface area (Å²) in [7, 11) is 0. The van der Waals surface area contributed by atoms with Crippen LogP contribution in [0.2, 0.25) is 0 Å². The molecule has 0 N–H and O–H groups in total. The van der Waals surface area contributed by atoms with E-state index >= 15 is 0 Å². The first-order chi connectivity index (χ1) is 1.41. The fourth-order valence-corrected chi connectivity index (χ4v) is 0. The van der Waals surface area contributed by atoms with Gasteiger partial charge in [0, 0.05) is 32.3 Å². The van der Waals surface area contributed by atoms with Gasteiger partial charge >= 0.3 is 0 Å². The van der Waals surface area contributed by atoms with Crippen LogP contribution in [0.15, 0.2) is 0 Å². The molecule has 1 nitrogen and oxygen atoms in total. The van der Waals surface area contributed by atoms with Crippen LogP contribution in [-0.4, -0.2) is 32.3 Å². The van der Waals surface area contributed by atoms with E-state index in [0.29, 0.717) is 0 Å². The smallest absolute Gasteiger partial charge is 0.0832 e. The number of rotatable bonds is 0. The average Bonchev–Trinajstić information content (AvgIpc) is 0.918. The second-order valence-corrected chi connectivity index (χ2v) is 0.525. The third kappa shape index (κ3) is 31.8. The van der Waals surface area contributed by atoms with Gasteiger partial charge in [-0.2, -0.15) is 3.84 Å². The van der Waals surface area contributed by atoms with Crippen LogP contribution in [0.4, 0.5) is 0 Å². The molecule has 5 heteroatoms. The van der Waals surface area contributed by atoms with Gasteiger partial charge in [0.1, 0.15) is 0 Å². The van der Waals surface area contributed by atoms with Crippen LogP contribution >= 0.6 is 23.7 Å². The Kier molecular flexibility index (Phi) is 58.5. The normalized spacial score (nSPS) is 3.60. The van der Waals surface area contributed by atoms with Gasteiger partial charge in [-0.3, -0.25) is 0 Å². The van der Waals surface area contributed by atoms with Gasteiger partial charge in [-0.25, -0.2) is 0 Å². The topological polar surface area (TPSA) is 9.23 Å². The third-order valence-corrected chi connectivity index (χ3v) is 0. The molecule has 0 aliphatic rings. The Bertz CT molecular complexity index is 9.61. The number of hydrogen-bond acceptors (Lipinski definition) is 1. The zero-order chi connectivity index (χ0) is 2.71. The van der Waals surface area contributed by atoms with Crippen LogP contribution in [0, 0.1) is 0 Å². The van der Waals surface area contributed by atoms with Crippen molar-refractivity contribution in [1.82, 2.24) is 0 Å². The molecule has 0 amide bonds. The van der Waals surface area contributed by atoms with E-state index in [1.807, 2.05) is 0 Å². The zero-order valence-corrected chi connectivity index (χ0v) is 6.61. The van der Waals surface area contributed by atoms with Gasteiger partial charge < -0.3 is 0 Å². The fourth-order valence-electron chi connectivity index (χ4n) is 0. The van der Waals surface area contributed by atoms with Crippen molar-refractivity contribution in [3.05, 3.63) is 0 Å². The molecule has 0 saturated heterocycles. The van der Waals surface area contributed by atoms with E-state index in [4.69, 9.17) is 0 Å². The standard InChI is InChI=1S/B.Cl2O.Sn/c;1-3-2;. The first kappa shape index (κ1) is 16.1. The van der Waals surface area contributed by atoms with Crippen LogP contribution in [0.25, 0.3) is 0 Å². The van der Waals surface area contributed by atoms with Crippen molar-refractivity contribution < 1.29 is 3.84 Å². The van der Waals surface area contributed by atoms with Gasteiger partial charge in [-0.15, -0.1) is 0 Å². The zero-order valence-electron chi connectivity index (χ0n) is 2.24.